The van der Waals surface area contributed by atoms with Crippen LogP contribution in [-0.4, -0.2) is 15.4 Å². The second kappa shape index (κ2) is 5.54. The first kappa shape index (κ1) is 13.0. The van der Waals surface area contributed by atoms with Crippen LogP contribution in [0.2, 0.25) is 0 Å². The van der Waals surface area contributed by atoms with Gasteiger partial charge in [-0.1, -0.05) is 19.1 Å². The standard InChI is InChI=1S/C16H21ClN2/c1-12-6-8-13(9-7-12)19-15-5-3-2-4-14(15)18-16(19)10-11-17/h2-5,12-13H,6-11H2,1H3. The van der Waals surface area contributed by atoms with Crippen LogP contribution in [0.25, 0.3) is 11.0 Å². The van der Waals surface area contributed by atoms with Crippen molar-refractivity contribution in [1.82, 2.24) is 9.55 Å². The summed E-state index contributed by atoms with van der Waals surface area (Å²) >= 11 is 5.94. The van der Waals surface area contributed by atoms with Gasteiger partial charge in [0.1, 0.15) is 5.82 Å². The second-order valence-electron chi connectivity index (χ2n) is 5.74. The Kier molecular flexibility index (Phi) is 3.79. The van der Waals surface area contributed by atoms with Gasteiger partial charge >= 0.3 is 0 Å². The van der Waals surface area contributed by atoms with Gasteiger partial charge in [0, 0.05) is 18.3 Å². The van der Waals surface area contributed by atoms with Crippen LogP contribution in [0.1, 0.15) is 44.5 Å². The van der Waals surface area contributed by atoms with Gasteiger partial charge in [-0.2, -0.15) is 0 Å². The first-order valence-corrected chi connectivity index (χ1v) is 7.85. The molecule has 0 unspecified atom stereocenters. The smallest absolute Gasteiger partial charge is 0.111 e. The van der Waals surface area contributed by atoms with Crippen LogP contribution in [0.4, 0.5) is 0 Å². The maximum Gasteiger partial charge on any atom is 0.111 e. The molecule has 0 spiro atoms. The number of nitrogens with zero attached hydrogens (tertiary/aromatic N) is 2. The average molecular weight is 277 g/mol. The number of benzene rings is 1. The van der Waals surface area contributed by atoms with Gasteiger partial charge in [0.05, 0.1) is 11.0 Å². The molecule has 1 aliphatic rings. The van der Waals surface area contributed by atoms with E-state index in [1.54, 1.807) is 0 Å². The van der Waals surface area contributed by atoms with Crippen molar-refractivity contribution in [1.29, 1.82) is 0 Å². The predicted octanol–water partition coefficient (Wildman–Crippen LogP) is 4.57. The van der Waals surface area contributed by atoms with Crippen molar-refractivity contribution in [3.8, 4) is 0 Å². The highest BCUT2D eigenvalue weighted by Gasteiger charge is 2.23. The molecule has 0 atom stereocenters. The molecule has 1 fully saturated rings. The Morgan fingerprint density at radius 1 is 1.21 bits per heavy atom. The summed E-state index contributed by atoms with van der Waals surface area (Å²) in [6, 6.07) is 9.08. The summed E-state index contributed by atoms with van der Waals surface area (Å²) in [5.74, 6) is 2.69. The van der Waals surface area contributed by atoms with E-state index < -0.39 is 0 Å². The Morgan fingerprint density at radius 3 is 2.68 bits per heavy atom. The van der Waals surface area contributed by atoms with Gasteiger partial charge in [-0.05, 0) is 43.7 Å². The number of aromatic nitrogens is 2. The van der Waals surface area contributed by atoms with Crippen molar-refractivity contribution in [2.24, 2.45) is 5.92 Å². The molecule has 0 N–H and O–H groups in total. The molecule has 2 aromatic rings. The Morgan fingerprint density at radius 2 is 1.95 bits per heavy atom. The monoisotopic (exact) mass is 276 g/mol. The number of aryl methyl sites for hydroxylation is 1. The Hall–Kier alpha value is -1.02. The van der Waals surface area contributed by atoms with Crippen molar-refractivity contribution in [2.45, 2.75) is 45.1 Å². The van der Waals surface area contributed by atoms with E-state index in [2.05, 4.69) is 35.8 Å². The van der Waals surface area contributed by atoms with Crippen molar-refractivity contribution in [3.05, 3.63) is 30.1 Å². The number of fused-ring (bicyclic) bond motifs is 1. The summed E-state index contributed by atoms with van der Waals surface area (Å²) in [6.45, 7) is 2.36. The Balaban J connectivity index is 2.02. The van der Waals surface area contributed by atoms with Crippen LogP contribution >= 0.6 is 11.6 Å². The van der Waals surface area contributed by atoms with Crippen LogP contribution in [0.3, 0.4) is 0 Å². The van der Waals surface area contributed by atoms with E-state index in [4.69, 9.17) is 16.6 Å². The molecular formula is C16H21ClN2. The molecule has 19 heavy (non-hydrogen) atoms. The number of alkyl halides is 1. The molecule has 0 amide bonds. The van der Waals surface area contributed by atoms with E-state index in [-0.39, 0.29) is 0 Å². The summed E-state index contributed by atoms with van der Waals surface area (Å²) in [5.41, 5.74) is 2.39. The largest absolute Gasteiger partial charge is 0.325 e. The predicted molar refractivity (Wildman–Crippen MR) is 80.8 cm³/mol. The third-order valence-corrected chi connectivity index (χ3v) is 4.53. The lowest BCUT2D eigenvalue weighted by atomic mass is 9.87. The quantitative estimate of drug-likeness (QED) is 0.751. The molecule has 0 saturated heterocycles. The molecule has 0 radical (unpaired) electrons. The highest BCUT2D eigenvalue weighted by molar-refractivity contribution is 6.17. The van der Waals surface area contributed by atoms with Crippen LogP contribution < -0.4 is 0 Å². The van der Waals surface area contributed by atoms with Gasteiger partial charge in [-0.15, -0.1) is 11.6 Å². The molecule has 1 saturated carbocycles. The molecule has 0 aliphatic heterocycles. The molecular weight excluding hydrogens is 256 g/mol. The molecule has 3 heteroatoms. The van der Waals surface area contributed by atoms with Gasteiger partial charge in [0.25, 0.3) is 0 Å². The molecule has 0 bridgehead atoms. The minimum absolute atomic E-state index is 0.613. The third kappa shape index (κ3) is 2.51. The minimum atomic E-state index is 0.613. The number of hydrogen-bond donors (Lipinski definition) is 0. The SMILES string of the molecule is CC1CCC(n2c(CCCl)nc3ccccc32)CC1. The van der Waals surface area contributed by atoms with E-state index in [1.807, 2.05) is 0 Å². The average Bonchev–Trinajstić information content (AvgIpc) is 2.78. The number of para-hydroxylation sites is 2. The van der Waals surface area contributed by atoms with Gasteiger partial charge < -0.3 is 4.57 Å². The topological polar surface area (TPSA) is 17.8 Å². The first-order chi connectivity index (χ1) is 9.29. The Labute approximate surface area is 119 Å². The normalized spacial score (nSPS) is 23.9. The lowest BCUT2D eigenvalue weighted by molar-refractivity contribution is 0.290. The van der Waals surface area contributed by atoms with Gasteiger partial charge in [-0.3, -0.25) is 0 Å². The van der Waals surface area contributed by atoms with Crippen LogP contribution in [0, 0.1) is 5.92 Å². The highest BCUT2D eigenvalue weighted by Crippen LogP contribution is 2.35. The first-order valence-electron chi connectivity index (χ1n) is 7.31. The molecule has 2 nitrogen and oxygen atoms in total. The zero-order valence-corrected chi connectivity index (χ0v) is 12.2. The van der Waals surface area contributed by atoms with Gasteiger partial charge in [-0.25, -0.2) is 4.98 Å². The van der Waals surface area contributed by atoms with Crippen LogP contribution in [0.15, 0.2) is 24.3 Å². The molecule has 1 aromatic carbocycles. The van der Waals surface area contributed by atoms with E-state index in [0.717, 1.165) is 23.7 Å². The van der Waals surface area contributed by atoms with Gasteiger partial charge in [0.2, 0.25) is 0 Å². The van der Waals surface area contributed by atoms with E-state index in [0.29, 0.717) is 11.9 Å². The molecule has 1 aliphatic carbocycles. The molecule has 3 rings (SSSR count). The summed E-state index contributed by atoms with van der Waals surface area (Å²) in [6.07, 6.45) is 6.07. The summed E-state index contributed by atoms with van der Waals surface area (Å²) in [4.78, 5) is 4.78. The van der Waals surface area contributed by atoms with E-state index in [9.17, 15) is 0 Å². The lowest BCUT2D eigenvalue weighted by Crippen LogP contribution is -2.19. The summed E-state index contributed by atoms with van der Waals surface area (Å²) in [7, 11) is 0. The number of hydrogen-bond acceptors (Lipinski definition) is 1. The third-order valence-electron chi connectivity index (χ3n) is 4.34. The fourth-order valence-electron chi connectivity index (χ4n) is 3.26. The number of halogens is 1. The minimum Gasteiger partial charge on any atom is -0.325 e. The van der Waals surface area contributed by atoms with Crippen LogP contribution in [0.5, 0.6) is 0 Å². The van der Waals surface area contributed by atoms with Crippen molar-refractivity contribution >= 4 is 22.6 Å². The molecule has 1 aromatic heterocycles. The Bertz CT molecular complexity index is 553. The number of imidazole rings is 1. The van der Waals surface area contributed by atoms with E-state index >= 15 is 0 Å². The summed E-state index contributed by atoms with van der Waals surface area (Å²) in [5, 5.41) is 0. The van der Waals surface area contributed by atoms with Crippen LogP contribution in [-0.2, 0) is 6.42 Å². The molecule has 1 heterocycles. The zero-order chi connectivity index (χ0) is 13.2. The summed E-state index contributed by atoms with van der Waals surface area (Å²) < 4.78 is 2.46. The zero-order valence-electron chi connectivity index (χ0n) is 11.5. The number of rotatable bonds is 3. The molecule has 102 valence electrons. The van der Waals surface area contributed by atoms with Crippen molar-refractivity contribution < 1.29 is 0 Å². The van der Waals surface area contributed by atoms with Crippen molar-refractivity contribution in [3.63, 3.8) is 0 Å². The van der Waals surface area contributed by atoms with Crippen molar-refractivity contribution in [2.75, 3.05) is 5.88 Å². The second-order valence-corrected chi connectivity index (χ2v) is 6.12. The van der Waals surface area contributed by atoms with Gasteiger partial charge in [0.15, 0.2) is 0 Å². The fraction of sp³-hybridized carbons (Fsp3) is 0.562. The van der Waals surface area contributed by atoms with E-state index in [1.165, 1.54) is 31.2 Å². The lowest BCUT2D eigenvalue weighted by Gasteiger charge is -2.29. The maximum absolute atomic E-state index is 5.94. The fourth-order valence-corrected chi connectivity index (χ4v) is 3.43. The maximum atomic E-state index is 5.94. The highest BCUT2D eigenvalue weighted by atomic mass is 35.5.